The van der Waals surface area contributed by atoms with Crippen LogP contribution in [0.15, 0.2) is 6.07 Å². The molecule has 1 unspecified atom stereocenters. The molecule has 32 heavy (non-hydrogen) atoms. The van der Waals surface area contributed by atoms with Crippen LogP contribution in [0.5, 0.6) is 0 Å². The van der Waals surface area contributed by atoms with E-state index in [1.165, 1.54) is 0 Å². The number of hydrogen-bond donors (Lipinski definition) is 1. The van der Waals surface area contributed by atoms with Gasteiger partial charge < -0.3 is 14.9 Å². The number of likely N-dealkylation sites (tertiary alicyclic amines) is 1. The summed E-state index contributed by atoms with van der Waals surface area (Å²) in [5.74, 6) is 5.58. The smallest absolute Gasteiger partial charge is 0.348 e. The second kappa shape index (κ2) is 9.66. The molecule has 2 heterocycles. The first kappa shape index (κ1) is 24.3. The molecule has 1 aliphatic carbocycles. The molecule has 3 rings (SSSR count). The number of piperidine rings is 1. The van der Waals surface area contributed by atoms with E-state index in [1.54, 1.807) is 22.9 Å². The minimum atomic E-state index is -1.07. The first-order chi connectivity index (χ1) is 15.0. The lowest BCUT2D eigenvalue weighted by atomic mass is 9.82. The number of thiophene rings is 1. The molecule has 1 saturated carbocycles. The molecule has 1 N–H and O–H groups in total. The number of carbonyl (C=O) groups is 3. The van der Waals surface area contributed by atoms with Crippen molar-refractivity contribution in [1.82, 2.24) is 4.90 Å². The van der Waals surface area contributed by atoms with E-state index in [0.717, 1.165) is 37.0 Å². The molecular formula is C25H34N2O4S. The molecule has 0 aromatic carbocycles. The molecule has 2 fully saturated rings. The van der Waals surface area contributed by atoms with Crippen molar-refractivity contribution in [2.75, 3.05) is 18.5 Å². The third-order valence-electron chi connectivity index (χ3n) is 6.33. The Labute approximate surface area is 195 Å². The van der Waals surface area contributed by atoms with Crippen LogP contribution < -0.4 is 4.90 Å². The van der Waals surface area contributed by atoms with Crippen LogP contribution in [0.4, 0.5) is 5.69 Å². The second-order valence-electron chi connectivity index (χ2n) is 10.3. The van der Waals surface area contributed by atoms with Crippen molar-refractivity contribution >= 4 is 34.8 Å². The zero-order chi connectivity index (χ0) is 23.6. The molecular weight excluding hydrogens is 424 g/mol. The first-order valence-corrected chi connectivity index (χ1v) is 12.2. The number of carbonyl (C=O) groups excluding carboxylic acids is 2. The van der Waals surface area contributed by atoms with Crippen LogP contribution >= 0.6 is 11.3 Å². The third kappa shape index (κ3) is 5.72. The van der Waals surface area contributed by atoms with Crippen LogP contribution in [-0.4, -0.2) is 47.4 Å². The summed E-state index contributed by atoms with van der Waals surface area (Å²) in [6.45, 7) is 8.75. The van der Waals surface area contributed by atoms with Gasteiger partial charge in [-0.2, -0.15) is 0 Å². The Bertz CT molecular complexity index is 941. The largest absolute Gasteiger partial charge is 0.477 e. The van der Waals surface area contributed by atoms with Gasteiger partial charge in [0.25, 0.3) is 0 Å². The van der Waals surface area contributed by atoms with Gasteiger partial charge in [0, 0.05) is 37.4 Å². The van der Waals surface area contributed by atoms with Gasteiger partial charge >= 0.3 is 5.97 Å². The van der Waals surface area contributed by atoms with Gasteiger partial charge in [0.1, 0.15) is 4.88 Å². The van der Waals surface area contributed by atoms with Crippen molar-refractivity contribution in [3.05, 3.63) is 15.8 Å². The highest BCUT2D eigenvalue weighted by molar-refractivity contribution is 7.15. The van der Waals surface area contributed by atoms with Crippen LogP contribution in [0.2, 0.25) is 0 Å². The Balaban J connectivity index is 2.03. The van der Waals surface area contributed by atoms with E-state index in [-0.39, 0.29) is 40.5 Å². The number of amides is 2. The van der Waals surface area contributed by atoms with Gasteiger partial charge in [-0.15, -0.1) is 11.3 Å². The van der Waals surface area contributed by atoms with Crippen molar-refractivity contribution in [2.45, 2.75) is 72.3 Å². The third-order valence-corrected chi connectivity index (χ3v) is 7.36. The van der Waals surface area contributed by atoms with E-state index in [2.05, 4.69) is 18.8 Å². The quantitative estimate of drug-likeness (QED) is 0.668. The summed E-state index contributed by atoms with van der Waals surface area (Å²) in [7, 11) is 1.76. The van der Waals surface area contributed by atoms with Crippen molar-refractivity contribution < 1.29 is 19.5 Å². The van der Waals surface area contributed by atoms with E-state index < -0.39 is 5.97 Å². The average molecular weight is 459 g/mol. The maximum Gasteiger partial charge on any atom is 0.348 e. The summed E-state index contributed by atoms with van der Waals surface area (Å²) in [6, 6.07) is 1.40. The summed E-state index contributed by atoms with van der Waals surface area (Å²) >= 11 is 1.10. The van der Waals surface area contributed by atoms with E-state index in [0.29, 0.717) is 29.4 Å². The standard InChI is InChI=1S/C25H34N2O4S/c1-16-6-8-17(9-7-16)23(29)27(18-11-13-26(5)21(28)14-18)20-15-19(10-12-25(2,3)4)32-22(20)24(30)31/h15-18H,6-9,11,13-14H2,1-5H3,(H,30,31)/t16-,17-,18?. The van der Waals surface area contributed by atoms with Gasteiger partial charge in [0.2, 0.25) is 11.8 Å². The van der Waals surface area contributed by atoms with Crippen LogP contribution in [0.3, 0.4) is 0 Å². The molecule has 2 amide bonds. The SMILES string of the molecule is CN1CCC(N(c2cc(C#CC(C)(C)C)sc2C(=O)O)C(=O)[C@H]2CC[C@H](C)CC2)CC1=O. The zero-order valence-corrected chi connectivity index (χ0v) is 20.6. The summed E-state index contributed by atoms with van der Waals surface area (Å²) in [5, 5.41) is 9.92. The van der Waals surface area contributed by atoms with E-state index in [9.17, 15) is 19.5 Å². The van der Waals surface area contributed by atoms with Gasteiger partial charge in [-0.25, -0.2) is 4.79 Å². The van der Waals surface area contributed by atoms with E-state index in [1.807, 2.05) is 20.8 Å². The van der Waals surface area contributed by atoms with Gasteiger partial charge in [0.15, 0.2) is 0 Å². The molecule has 0 radical (unpaired) electrons. The molecule has 1 aliphatic heterocycles. The zero-order valence-electron chi connectivity index (χ0n) is 19.7. The fourth-order valence-electron chi connectivity index (χ4n) is 4.37. The second-order valence-corrected chi connectivity index (χ2v) is 11.3. The Morgan fingerprint density at radius 1 is 1.19 bits per heavy atom. The maximum atomic E-state index is 13.8. The number of nitrogens with zero attached hydrogens (tertiary/aromatic N) is 2. The maximum absolute atomic E-state index is 13.8. The molecule has 1 aromatic rings. The average Bonchev–Trinajstić information content (AvgIpc) is 3.13. The highest BCUT2D eigenvalue weighted by Crippen LogP contribution is 2.38. The predicted molar refractivity (Wildman–Crippen MR) is 127 cm³/mol. The Morgan fingerprint density at radius 2 is 1.84 bits per heavy atom. The molecule has 2 aliphatic rings. The number of anilines is 1. The minimum absolute atomic E-state index is 0.0174. The lowest BCUT2D eigenvalue weighted by molar-refractivity contribution is -0.132. The number of rotatable bonds is 4. The Hall–Kier alpha value is -2.33. The summed E-state index contributed by atoms with van der Waals surface area (Å²) < 4.78 is 0. The monoisotopic (exact) mass is 458 g/mol. The summed E-state index contributed by atoms with van der Waals surface area (Å²) in [6.07, 6.45) is 4.45. The molecule has 174 valence electrons. The van der Waals surface area contributed by atoms with Gasteiger partial charge in [0.05, 0.1) is 10.6 Å². The molecule has 1 aromatic heterocycles. The normalized spacial score (nSPS) is 24.0. The van der Waals surface area contributed by atoms with Crippen molar-refractivity contribution in [2.24, 2.45) is 17.3 Å². The van der Waals surface area contributed by atoms with E-state index in [4.69, 9.17) is 0 Å². The highest BCUT2D eigenvalue weighted by atomic mass is 32.1. The van der Waals surface area contributed by atoms with Gasteiger partial charge in [-0.05, 0) is 64.9 Å². The topological polar surface area (TPSA) is 77.9 Å². The van der Waals surface area contributed by atoms with Crippen LogP contribution in [0, 0.1) is 29.1 Å². The first-order valence-electron chi connectivity index (χ1n) is 11.4. The van der Waals surface area contributed by atoms with Crippen molar-refractivity contribution in [1.29, 1.82) is 0 Å². The molecule has 0 spiro atoms. The van der Waals surface area contributed by atoms with Crippen molar-refractivity contribution in [3.8, 4) is 11.8 Å². The molecule has 6 nitrogen and oxygen atoms in total. The Kier molecular flexibility index (Phi) is 7.34. The number of carboxylic acid groups (broad SMARTS) is 1. The van der Waals surface area contributed by atoms with Crippen LogP contribution in [-0.2, 0) is 9.59 Å². The fourth-order valence-corrected chi connectivity index (χ4v) is 5.21. The molecule has 1 saturated heterocycles. The Morgan fingerprint density at radius 3 is 2.41 bits per heavy atom. The number of carboxylic acids is 1. The molecule has 1 atom stereocenters. The molecule has 7 heteroatoms. The summed E-state index contributed by atoms with van der Waals surface area (Å²) in [5.41, 5.74) is 0.175. The van der Waals surface area contributed by atoms with Gasteiger partial charge in [-0.3, -0.25) is 9.59 Å². The highest BCUT2D eigenvalue weighted by Gasteiger charge is 2.38. The molecule has 0 bridgehead atoms. The lowest BCUT2D eigenvalue weighted by Gasteiger charge is -2.39. The van der Waals surface area contributed by atoms with Crippen LogP contribution in [0.25, 0.3) is 0 Å². The summed E-state index contributed by atoms with van der Waals surface area (Å²) in [4.78, 5) is 42.4. The predicted octanol–water partition coefficient (Wildman–Crippen LogP) is 4.62. The van der Waals surface area contributed by atoms with Crippen molar-refractivity contribution in [3.63, 3.8) is 0 Å². The lowest BCUT2D eigenvalue weighted by Crippen LogP contribution is -2.51. The van der Waals surface area contributed by atoms with Gasteiger partial charge in [-0.1, -0.05) is 18.8 Å². The van der Waals surface area contributed by atoms with E-state index >= 15 is 0 Å². The fraction of sp³-hybridized carbons (Fsp3) is 0.640. The van der Waals surface area contributed by atoms with Crippen LogP contribution in [0.1, 0.15) is 80.8 Å². The minimum Gasteiger partial charge on any atom is -0.477 e. The number of hydrogen-bond acceptors (Lipinski definition) is 4. The number of aromatic carboxylic acids is 1.